The van der Waals surface area contributed by atoms with Crippen LogP contribution in [-0.4, -0.2) is 0 Å². The summed E-state index contributed by atoms with van der Waals surface area (Å²) in [6, 6.07) is 80.8. The third-order valence-corrected chi connectivity index (χ3v) is 12.4. The minimum atomic E-state index is 1.21. The molecule has 0 fully saturated rings. The normalized spacial score (nSPS) is 11.8. The van der Waals surface area contributed by atoms with Crippen LogP contribution < -0.4 is 0 Å². The molecule has 0 aromatic heterocycles. The van der Waals surface area contributed by atoms with Crippen molar-refractivity contribution in [2.45, 2.75) is 0 Å². The van der Waals surface area contributed by atoms with Gasteiger partial charge in [-0.2, -0.15) is 0 Å². The van der Waals surface area contributed by atoms with Crippen LogP contribution in [0.15, 0.2) is 218 Å². The molecule has 0 saturated carbocycles. The minimum Gasteiger partial charge on any atom is -0.0616 e. The second-order valence-corrected chi connectivity index (χ2v) is 15.5. The topological polar surface area (TPSA) is 0 Å². The van der Waals surface area contributed by atoms with E-state index in [0.717, 1.165) is 0 Å². The minimum absolute atomic E-state index is 1.21. The van der Waals surface area contributed by atoms with Crippen molar-refractivity contribution in [3.8, 4) is 44.5 Å². The van der Waals surface area contributed by atoms with E-state index >= 15 is 0 Å². The molecule has 0 heterocycles. The first-order valence-electron chi connectivity index (χ1n) is 20.2. The Morgan fingerprint density at radius 3 is 1.16 bits per heavy atom. The Morgan fingerprint density at radius 1 is 0.172 bits per heavy atom. The first kappa shape index (κ1) is 32.7. The monoisotopic (exact) mass is 732 g/mol. The van der Waals surface area contributed by atoms with Crippen molar-refractivity contribution in [1.29, 1.82) is 0 Å². The molecule has 12 aromatic carbocycles. The van der Waals surface area contributed by atoms with E-state index in [1.54, 1.807) is 0 Å². The summed E-state index contributed by atoms with van der Waals surface area (Å²) in [5.74, 6) is 0. The molecule has 0 N–H and O–H groups in total. The lowest BCUT2D eigenvalue weighted by molar-refractivity contribution is 1.62. The van der Waals surface area contributed by atoms with Gasteiger partial charge in [-0.3, -0.25) is 0 Å². The number of hydrogen-bond donors (Lipinski definition) is 0. The highest BCUT2D eigenvalue weighted by Gasteiger charge is 2.18. The second kappa shape index (κ2) is 13.0. The lowest BCUT2D eigenvalue weighted by Gasteiger charge is -2.19. The molecule has 0 saturated heterocycles. The average Bonchev–Trinajstić information content (AvgIpc) is 3.30. The molecule has 0 aliphatic carbocycles. The SMILES string of the molecule is c1cc(-c2c3ccccc3c(-c3ccc(-c4ccc5c6ccccc6c6ccccc6c5c4)cc3)c3ccccc23)cc(-c2cc3ccccc3c3ccccc23)c1. The Morgan fingerprint density at radius 2 is 0.569 bits per heavy atom. The summed E-state index contributed by atoms with van der Waals surface area (Å²) in [5, 5.41) is 17.9. The van der Waals surface area contributed by atoms with E-state index in [0.29, 0.717) is 0 Å². The van der Waals surface area contributed by atoms with Crippen molar-refractivity contribution in [3.05, 3.63) is 218 Å². The van der Waals surface area contributed by atoms with Gasteiger partial charge in [0.25, 0.3) is 0 Å². The van der Waals surface area contributed by atoms with Gasteiger partial charge in [0.15, 0.2) is 0 Å². The molecule has 0 amide bonds. The second-order valence-electron chi connectivity index (χ2n) is 15.5. The molecular weight excluding hydrogens is 697 g/mol. The molecule has 12 rings (SSSR count). The zero-order chi connectivity index (χ0) is 38.2. The van der Waals surface area contributed by atoms with Crippen LogP contribution in [-0.2, 0) is 0 Å². The van der Waals surface area contributed by atoms with Crippen LogP contribution in [0.4, 0.5) is 0 Å². The van der Waals surface area contributed by atoms with Gasteiger partial charge >= 0.3 is 0 Å². The summed E-state index contributed by atoms with van der Waals surface area (Å²) in [6.45, 7) is 0. The van der Waals surface area contributed by atoms with E-state index in [4.69, 9.17) is 0 Å². The first-order valence-corrected chi connectivity index (χ1v) is 20.2. The highest BCUT2D eigenvalue weighted by molar-refractivity contribution is 6.26. The van der Waals surface area contributed by atoms with Crippen LogP contribution in [0.1, 0.15) is 0 Å². The quantitative estimate of drug-likeness (QED) is 0.125. The molecular formula is C58H36. The van der Waals surface area contributed by atoms with Gasteiger partial charge in [-0.25, -0.2) is 0 Å². The zero-order valence-corrected chi connectivity index (χ0v) is 31.8. The lowest BCUT2D eigenvalue weighted by atomic mass is 9.85. The van der Waals surface area contributed by atoms with Crippen molar-refractivity contribution in [2.24, 2.45) is 0 Å². The largest absolute Gasteiger partial charge is 0.0616 e. The predicted molar refractivity (Wildman–Crippen MR) is 251 cm³/mol. The number of fused-ring (bicyclic) bond motifs is 11. The fraction of sp³-hybridized carbons (Fsp3) is 0. The summed E-state index contributed by atoms with van der Waals surface area (Å²) in [6.07, 6.45) is 0. The number of hydrogen-bond acceptors (Lipinski definition) is 0. The van der Waals surface area contributed by atoms with Crippen LogP contribution in [0.3, 0.4) is 0 Å². The van der Waals surface area contributed by atoms with Crippen molar-refractivity contribution in [2.75, 3.05) is 0 Å². The smallest absolute Gasteiger partial charge is 0.00262 e. The van der Waals surface area contributed by atoms with Crippen molar-refractivity contribution >= 4 is 75.4 Å². The Hall–Kier alpha value is -7.54. The summed E-state index contributed by atoms with van der Waals surface area (Å²) < 4.78 is 0. The van der Waals surface area contributed by atoms with Crippen molar-refractivity contribution in [1.82, 2.24) is 0 Å². The van der Waals surface area contributed by atoms with Crippen LogP contribution in [0.2, 0.25) is 0 Å². The van der Waals surface area contributed by atoms with Crippen molar-refractivity contribution < 1.29 is 0 Å². The van der Waals surface area contributed by atoms with E-state index in [1.807, 2.05) is 0 Å². The molecule has 0 aliphatic rings. The Labute approximate surface area is 336 Å². The third kappa shape index (κ3) is 5.02. The predicted octanol–water partition coefficient (Wildman–Crippen LogP) is 16.4. The molecule has 58 heavy (non-hydrogen) atoms. The van der Waals surface area contributed by atoms with Crippen LogP contribution in [0.5, 0.6) is 0 Å². The Bertz CT molecular complexity index is 3510. The molecule has 0 nitrogen and oxygen atoms in total. The van der Waals surface area contributed by atoms with Gasteiger partial charge in [-0.05, 0) is 138 Å². The first-order chi connectivity index (χ1) is 28.8. The van der Waals surface area contributed by atoms with E-state index in [2.05, 4.69) is 218 Å². The van der Waals surface area contributed by atoms with Gasteiger partial charge in [-0.1, -0.05) is 200 Å². The standard InChI is InChI=1S/C58H36/c1-2-17-43-41(14-1)36-55(48-22-7-3-18-44(43)48)40-15-13-16-42(34-40)58-53-26-11-9-24-51(53)57(52-25-10-12-27-54(52)58)38-30-28-37(29-31-38)39-32-33-50-47-21-5-4-19-45(47)46-20-6-8-23-49(46)56(50)35-39/h1-36H. The van der Waals surface area contributed by atoms with Gasteiger partial charge in [0, 0.05) is 0 Å². The van der Waals surface area contributed by atoms with Gasteiger partial charge in [0.05, 0.1) is 0 Å². The zero-order valence-electron chi connectivity index (χ0n) is 31.8. The molecule has 0 bridgehead atoms. The molecule has 0 spiro atoms. The van der Waals surface area contributed by atoms with Gasteiger partial charge in [0.2, 0.25) is 0 Å². The van der Waals surface area contributed by atoms with E-state index in [-0.39, 0.29) is 0 Å². The lowest BCUT2D eigenvalue weighted by Crippen LogP contribution is -1.91. The summed E-state index contributed by atoms with van der Waals surface area (Å²) >= 11 is 0. The maximum absolute atomic E-state index is 2.40. The van der Waals surface area contributed by atoms with Gasteiger partial charge in [-0.15, -0.1) is 0 Å². The van der Waals surface area contributed by atoms with Gasteiger partial charge in [0.1, 0.15) is 0 Å². The fourth-order valence-electron chi connectivity index (χ4n) is 9.80. The van der Waals surface area contributed by atoms with E-state index < -0.39 is 0 Å². The van der Waals surface area contributed by atoms with Gasteiger partial charge < -0.3 is 0 Å². The van der Waals surface area contributed by atoms with E-state index in [1.165, 1.54) is 120 Å². The highest BCUT2D eigenvalue weighted by Crippen LogP contribution is 2.45. The maximum atomic E-state index is 2.40. The van der Waals surface area contributed by atoms with Crippen LogP contribution >= 0.6 is 0 Å². The van der Waals surface area contributed by atoms with Crippen LogP contribution in [0, 0.1) is 0 Å². The average molecular weight is 733 g/mol. The summed E-state index contributed by atoms with van der Waals surface area (Å²) in [5.41, 5.74) is 9.91. The Kier molecular flexibility index (Phi) is 7.33. The molecule has 12 aromatic rings. The third-order valence-electron chi connectivity index (χ3n) is 12.4. The number of benzene rings is 12. The highest BCUT2D eigenvalue weighted by atomic mass is 14.2. The van der Waals surface area contributed by atoms with E-state index in [9.17, 15) is 0 Å². The molecule has 0 aliphatic heterocycles. The molecule has 268 valence electrons. The van der Waals surface area contributed by atoms with Crippen LogP contribution in [0.25, 0.3) is 120 Å². The molecule has 0 radical (unpaired) electrons. The fourth-order valence-corrected chi connectivity index (χ4v) is 9.80. The molecule has 0 unspecified atom stereocenters. The maximum Gasteiger partial charge on any atom is -0.00262 e. The van der Waals surface area contributed by atoms with Crippen molar-refractivity contribution in [3.63, 3.8) is 0 Å². The summed E-state index contributed by atoms with van der Waals surface area (Å²) in [7, 11) is 0. The summed E-state index contributed by atoms with van der Waals surface area (Å²) in [4.78, 5) is 0. The Balaban J connectivity index is 1.01. The number of rotatable bonds is 4. The molecule has 0 atom stereocenters. The molecule has 0 heteroatoms.